The van der Waals surface area contributed by atoms with Gasteiger partial charge in [-0.05, 0) is 86.0 Å². The summed E-state index contributed by atoms with van der Waals surface area (Å²) < 4.78 is 10.2. The van der Waals surface area contributed by atoms with Crippen molar-refractivity contribution in [1.82, 2.24) is 0 Å². The maximum atomic E-state index is 12.0. The Morgan fingerprint density at radius 2 is 1.94 bits per heavy atom. The monoisotopic (exact) mass is 527 g/mol. The number of carbonyl (C=O) groups is 1. The van der Waals surface area contributed by atoms with Crippen molar-refractivity contribution in [2.75, 3.05) is 19.5 Å². The number of methoxy groups -OCH3 is 2. The molecular formula is C28H40NO3Y+2. The van der Waals surface area contributed by atoms with Crippen LogP contribution < -0.4 is 10.1 Å². The minimum Gasteiger partial charge on any atom is -0.514 e. The molecular weight excluding hydrogens is 487 g/mol. The number of rotatable bonds is 10. The number of hydrogen-bond donors (Lipinski definition) is 1. The molecule has 5 heteroatoms. The molecule has 2 aliphatic rings. The summed E-state index contributed by atoms with van der Waals surface area (Å²) in [7, 11) is 3.07. The van der Waals surface area contributed by atoms with E-state index in [0.717, 1.165) is 30.7 Å². The number of hydrogen-bond acceptors (Lipinski definition) is 4. The fraction of sp³-hybridized carbons (Fsp3) is 0.607. The van der Waals surface area contributed by atoms with Crippen LogP contribution in [0, 0.1) is 29.7 Å². The van der Waals surface area contributed by atoms with Crippen LogP contribution in [-0.4, -0.2) is 26.2 Å². The molecule has 4 nitrogen and oxygen atoms in total. The van der Waals surface area contributed by atoms with E-state index in [-0.39, 0.29) is 44.7 Å². The molecule has 2 saturated carbocycles. The van der Waals surface area contributed by atoms with Crippen LogP contribution in [-0.2, 0) is 42.2 Å². The standard InChI is InChI=1S/C28H40NO3.Y/c1-19-8-7-17-28(4)25(19)15-16-26(28)20(2)9-10-23(18-21(3)27(30)32-6)29-22-11-13-24(31-5)14-12-22;/h1,11-14,20,23,25-26,29H,3,7-10,15-18H2,2,4-6H3;/q-1;+3. The van der Waals surface area contributed by atoms with Crippen molar-refractivity contribution in [3.8, 4) is 5.75 Å². The summed E-state index contributed by atoms with van der Waals surface area (Å²) in [4.78, 5) is 12.0. The molecule has 1 N–H and O–H groups in total. The predicted molar refractivity (Wildman–Crippen MR) is 131 cm³/mol. The number of ether oxygens (including phenoxy) is 2. The molecule has 0 saturated heterocycles. The third kappa shape index (κ3) is 6.72. The Morgan fingerprint density at radius 1 is 1.24 bits per heavy atom. The van der Waals surface area contributed by atoms with E-state index in [4.69, 9.17) is 16.1 Å². The molecule has 0 aromatic heterocycles. The van der Waals surface area contributed by atoms with E-state index in [1.54, 1.807) is 7.11 Å². The maximum absolute atomic E-state index is 12.0. The zero-order valence-corrected chi connectivity index (χ0v) is 23.7. The Kier molecular flexibility index (Phi) is 10.7. The van der Waals surface area contributed by atoms with Crippen LogP contribution in [0.15, 0.2) is 42.0 Å². The zero-order chi connectivity index (χ0) is 23.3. The molecule has 2 aliphatic carbocycles. The minimum atomic E-state index is -0.334. The SMILES string of the molecule is [CH-]=C1CCCC2(C)C1CCC2C(C)CCC(CC(=C)C(=O)OC)Nc1ccc(OC)cc1.[Y+3]. The van der Waals surface area contributed by atoms with E-state index >= 15 is 0 Å². The maximum Gasteiger partial charge on any atom is 3.00 e. The van der Waals surface area contributed by atoms with E-state index in [9.17, 15) is 4.79 Å². The van der Waals surface area contributed by atoms with E-state index in [1.807, 2.05) is 24.3 Å². The largest absolute Gasteiger partial charge is 3.00 e. The van der Waals surface area contributed by atoms with E-state index < -0.39 is 0 Å². The Labute approximate surface area is 225 Å². The van der Waals surface area contributed by atoms with Crippen LogP contribution >= 0.6 is 0 Å². The molecule has 3 rings (SSSR count). The quantitative estimate of drug-likeness (QED) is 0.212. The van der Waals surface area contributed by atoms with Gasteiger partial charge in [-0.3, -0.25) is 5.57 Å². The van der Waals surface area contributed by atoms with Crippen LogP contribution in [0.4, 0.5) is 5.69 Å². The average molecular weight is 528 g/mol. The number of carbonyl (C=O) groups excluding carboxylic acids is 1. The summed E-state index contributed by atoms with van der Waals surface area (Å²) >= 11 is 0. The Morgan fingerprint density at radius 3 is 2.58 bits per heavy atom. The van der Waals surface area contributed by atoms with Gasteiger partial charge in [0.25, 0.3) is 0 Å². The van der Waals surface area contributed by atoms with Gasteiger partial charge >= 0.3 is 38.7 Å². The summed E-state index contributed by atoms with van der Waals surface area (Å²) in [5.41, 5.74) is 3.11. The Bertz CT molecular complexity index is 821. The molecule has 1 aromatic carbocycles. The number of anilines is 1. The number of nitrogens with one attached hydrogen (secondary N) is 1. The second-order valence-electron chi connectivity index (χ2n) is 10.1. The smallest absolute Gasteiger partial charge is 0.514 e. The van der Waals surface area contributed by atoms with E-state index in [1.165, 1.54) is 38.4 Å². The Balaban J connectivity index is 0.00000385. The topological polar surface area (TPSA) is 47.6 Å². The molecule has 176 valence electrons. The van der Waals surface area contributed by atoms with Crippen molar-refractivity contribution in [2.24, 2.45) is 23.2 Å². The van der Waals surface area contributed by atoms with Gasteiger partial charge in [0.05, 0.1) is 14.2 Å². The first kappa shape index (κ1) is 28.1. The molecule has 5 unspecified atom stereocenters. The third-order valence-electron chi connectivity index (χ3n) is 8.12. The summed E-state index contributed by atoms with van der Waals surface area (Å²) in [5.74, 6) is 2.40. The molecule has 0 heterocycles. The summed E-state index contributed by atoms with van der Waals surface area (Å²) in [6.07, 6.45) is 8.78. The van der Waals surface area contributed by atoms with Gasteiger partial charge in [0.15, 0.2) is 0 Å². The average Bonchev–Trinajstić information content (AvgIpc) is 3.15. The first-order valence-electron chi connectivity index (χ1n) is 12.1. The van der Waals surface area contributed by atoms with Gasteiger partial charge in [-0.15, -0.1) is 0 Å². The summed E-state index contributed by atoms with van der Waals surface area (Å²) in [5, 5.41) is 3.61. The molecule has 0 spiro atoms. The third-order valence-corrected chi connectivity index (χ3v) is 8.12. The number of esters is 1. The normalized spacial score (nSPS) is 25.9. The van der Waals surface area contributed by atoms with Crippen molar-refractivity contribution >= 4 is 11.7 Å². The van der Waals surface area contributed by atoms with Crippen molar-refractivity contribution in [2.45, 2.75) is 71.3 Å². The van der Waals surface area contributed by atoms with E-state index in [2.05, 4.69) is 25.7 Å². The molecule has 0 bridgehead atoms. The van der Waals surface area contributed by atoms with Crippen molar-refractivity contribution in [1.29, 1.82) is 0 Å². The van der Waals surface area contributed by atoms with Crippen LogP contribution in [0.1, 0.15) is 65.2 Å². The Hall–Kier alpha value is -1.13. The molecule has 0 radical (unpaired) electrons. The fourth-order valence-electron chi connectivity index (χ4n) is 6.35. The number of allylic oxidation sites excluding steroid dienone is 1. The van der Waals surface area contributed by atoms with Crippen LogP contribution in [0.3, 0.4) is 0 Å². The minimum absolute atomic E-state index is 0. The van der Waals surface area contributed by atoms with Crippen LogP contribution in [0.25, 0.3) is 0 Å². The first-order chi connectivity index (χ1) is 15.3. The van der Waals surface area contributed by atoms with Gasteiger partial charge < -0.3 is 21.4 Å². The van der Waals surface area contributed by atoms with E-state index in [0.29, 0.717) is 35.2 Å². The molecule has 0 aliphatic heterocycles. The summed E-state index contributed by atoms with van der Waals surface area (Å²) in [6.45, 7) is 15.3. The van der Waals surface area contributed by atoms with Gasteiger partial charge in [0.2, 0.25) is 0 Å². The summed E-state index contributed by atoms with van der Waals surface area (Å²) in [6, 6.07) is 8.03. The molecule has 2 fully saturated rings. The second kappa shape index (κ2) is 12.5. The second-order valence-corrected chi connectivity index (χ2v) is 10.1. The van der Waals surface area contributed by atoms with Gasteiger partial charge in [-0.25, -0.2) is 4.79 Å². The van der Waals surface area contributed by atoms with Gasteiger partial charge in [-0.2, -0.15) is 0 Å². The predicted octanol–water partition coefficient (Wildman–Crippen LogP) is 6.58. The van der Waals surface area contributed by atoms with Crippen LogP contribution in [0.5, 0.6) is 5.75 Å². The first-order valence-corrected chi connectivity index (χ1v) is 12.1. The number of fused-ring (bicyclic) bond motifs is 1. The molecule has 1 aromatic rings. The fourth-order valence-corrected chi connectivity index (χ4v) is 6.35. The molecule has 5 atom stereocenters. The van der Waals surface area contributed by atoms with Gasteiger partial charge in [-0.1, -0.05) is 33.3 Å². The molecule has 33 heavy (non-hydrogen) atoms. The van der Waals surface area contributed by atoms with Gasteiger partial charge in [0.1, 0.15) is 5.75 Å². The van der Waals surface area contributed by atoms with Crippen molar-refractivity contribution in [3.63, 3.8) is 0 Å². The van der Waals surface area contributed by atoms with Gasteiger partial charge in [0, 0.05) is 17.3 Å². The molecule has 0 amide bonds. The number of benzene rings is 1. The van der Waals surface area contributed by atoms with Crippen molar-refractivity contribution < 1.29 is 47.0 Å². The van der Waals surface area contributed by atoms with Crippen molar-refractivity contribution in [3.05, 3.63) is 48.6 Å². The zero-order valence-electron chi connectivity index (χ0n) is 20.9. The van der Waals surface area contributed by atoms with Crippen LogP contribution in [0.2, 0.25) is 0 Å².